The van der Waals surface area contributed by atoms with Crippen molar-refractivity contribution in [2.24, 2.45) is 5.73 Å². The van der Waals surface area contributed by atoms with E-state index in [-0.39, 0.29) is 23.4 Å². The third-order valence-corrected chi connectivity index (χ3v) is 3.39. The molecule has 6 nitrogen and oxygen atoms in total. The first-order chi connectivity index (χ1) is 11.8. The molecule has 2 rings (SSSR count). The number of anilines is 2. The van der Waals surface area contributed by atoms with Gasteiger partial charge < -0.3 is 15.4 Å². The van der Waals surface area contributed by atoms with E-state index in [1.165, 1.54) is 35.5 Å². The number of carbonyl (C=O) groups excluding carboxylic acids is 1. The highest BCUT2D eigenvalue weighted by atomic mass is 19.1. The van der Waals surface area contributed by atoms with Crippen LogP contribution in [-0.2, 0) is 4.74 Å². The van der Waals surface area contributed by atoms with Gasteiger partial charge in [0.2, 0.25) is 0 Å². The molecule has 0 saturated carbocycles. The predicted molar refractivity (Wildman–Crippen MR) is 91.7 cm³/mol. The van der Waals surface area contributed by atoms with Crippen LogP contribution >= 0.6 is 0 Å². The predicted octanol–water partition coefficient (Wildman–Crippen LogP) is 3.10. The molecule has 0 fully saturated rings. The number of nitrogens with zero attached hydrogens (tertiary/aromatic N) is 3. The summed E-state index contributed by atoms with van der Waals surface area (Å²) < 4.78 is 19.5. The summed E-state index contributed by atoms with van der Waals surface area (Å²) in [4.78, 5) is 17.5. The molecule has 0 unspecified atom stereocenters. The molecule has 25 heavy (non-hydrogen) atoms. The lowest BCUT2D eigenvalue weighted by Crippen LogP contribution is -2.49. The molecule has 7 heteroatoms. The molecule has 2 aromatic rings. The molecule has 2 N–H and O–H groups in total. The van der Waals surface area contributed by atoms with Gasteiger partial charge in [0.15, 0.2) is 0 Å². The number of ether oxygens (including phenoxy) is 1. The number of hydrogen-bond donors (Lipinski definition) is 1. The molecule has 1 aromatic heterocycles. The zero-order chi connectivity index (χ0) is 18.6. The van der Waals surface area contributed by atoms with Crippen LogP contribution < -0.4 is 10.6 Å². The number of benzene rings is 1. The summed E-state index contributed by atoms with van der Waals surface area (Å²) in [6.07, 6.45) is 2.85. The fraction of sp³-hybridized carbons (Fsp3) is 0.278. The number of halogens is 1. The van der Waals surface area contributed by atoms with Crippen LogP contribution in [0.4, 0.5) is 15.8 Å². The van der Waals surface area contributed by atoms with Gasteiger partial charge >= 0.3 is 5.97 Å². The molecule has 0 bridgehead atoms. The van der Waals surface area contributed by atoms with E-state index >= 15 is 0 Å². The van der Waals surface area contributed by atoms with Gasteiger partial charge in [0.05, 0.1) is 47.0 Å². The highest BCUT2D eigenvalue weighted by molar-refractivity contribution is 5.90. The Balaban J connectivity index is 2.55. The molecule has 0 spiro atoms. The second-order valence-electron chi connectivity index (χ2n) is 5.92. The first-order valence-electron chi connectivity index (χ1n) is 7.69. The van der Waals surface area contributed by atoms with Crippen LogP contribution in [0.3, 0.4) is 0 Å². The fourth-order valence-corrected chi connectivity index (χ4v) is 2.42. The molecule has 0 amide bonds. The first kappa shape index (κ1) is 18.4. The Bertz CT molecular complexity index is 825. The van der Waals surface area contributed by atoms with E-state index in [1.807, 2.05) is 6.07 Å². The molecule has 1 heterocycles. The minimum atomic E-state index is -0.996. The summed E-state index contributed by atoms with van der Waals surface area (Å²) in [5.74, 6) is -1.12. The minimum Gasteiger partial charge on any atom is -0.462 e. The van der Waals surface area contributed by atoms with Crippen molar-refractivity contribution in [3.05, 3.63) is 53.6 Å². The molecule has 0 atom stereocenters. The zero-order valence-electron chi connectivity index (χ0n) is 14.3. The van der Waals surface area contributed by atoms with Crippen LogP contribution in [0.5, 0.6) is 0 Å². The largest absolute Gasteiger partial charge is 0.462 e. The van der Waals surface area contributed by atoms with E-state index in [2.05, 4.69) is 4.98 Å². The van der Waals surface area contributed by atoms with Crippen molar-refractivity contribution in [2.75, 3.05) is 11.5 Å². The zero-order valence-corrected chi connectivity index (χ0v) is 14.3. The molecule has 0 aliphatic carbocycles. The van der Waals surface area contributed by atoms with E-state index < -0.39 is 17.4 Å². The summed E-state index contributed by atoms with van der Waals surface area (Å²) in [7, 11) is 0. The van der Waals surface area contributed by atoms with E-state index in [1.54, 1.807) is 20.8 Å². The van der Waals surface area contributed by atoms with Crippen molar-refractivity contribution < 1.29 is 13.9 Å². The molecule has 130 valence electrons. The molecular formula is C18H19FN4O2. The molecule has 0 aliphatic rings. The Morgan fingerprint density at radius 1 is 1.40 bits per heavy atom. The molecule has 0 saturated heterocycles. The standard InChI is InChI=1S/C18H19FN4O2/c1-4-25-17(24)13-8-14(11-22-10-13)23(18(2,3)21)16-6-5-12(9-20)7-15(16)19/h5-8,10-11H,4,21H2,1-3H3. The number of nitrogens with two attached hydrogens (primary N) is 1. The smallest absolute Gasteiger partial charge is 0.339 e. The summed E-state index contributed by atoms with van der Waals surface area (Å²) in [6.45, 7) is 5.33. The lowest BCUT2D eigenvalue weighted by Gasteiger charge is -2.37. The Morgan fingerprint density at radius 3 is 2.68 bits per heavy atom. The van der Waals surface area contributed by atoms with Gasteiger partial charge in [-0.1, -0.05) is 0 Å². The van der Waals surface area contributed by atoms with Gasteiger partial charge in [-0.05, 0) is 45.0 Å². The lowest BCUT2D eigenvalue weighted by atomic mass is 10.1. The molecule has 0 radical (unpaired) electrons. The number of nitriles is 1. The van der Waals surface area contributed by atoms with Gasteiger partial charge in [-0.2, -0.15) is 5.26 Å². The highest BCUT2D eigenvalue weighted by Crippen LogP contribution is 2.33. The van der Waals surface area contributed by atoms with Crippen molar-refractivity contribution in [2.45, 2.75) is 26.4 Å². The number of carbonyl (C=O) groups is 1. The third kappa shape index (κ3) is 4.11. The number of rotatable bonds is 5. The molecule has 1 aromatic carbocycles. The van der Waals surface area contributed by atoms with Gasteiger partial charge in [-0.15, -0.1) is 0 Å². The highest BCUT2D eigenvalue weighted by Gasteiger charge is 2.27. The van der Waals surface area contributed by atoms with Crippen LogP contribution in [0.1, 0.15) is 36.7 Å². The van der Waals surface area contributed by atoms with Gasteiger partial charge in [0.1, 0.15) is 5.82 Å². The van der Waals surface area contributed by atoms with Crippen LogP contribution in [0.25, 0.3) is 0 Å². The van der Waals surface area contributed by atoms with Gasteiger partial charge in [-0.3, -0.25) is 4.98 Å². The van der Waals surface area contributed by atoms with Gasteiger partial charge in [-0.25, -0.2) is 9.18 Å². The normalized spacial score (nSPS) is 10.9. The SMILES string of the molecule is CCOC(=O)c1cncc(N(c2ccc(C#N)cc2F)C(C)(C)N)c1. The van der Waals surface area contributed by atoms with Gasteiger partial charge in [0, 0.05) is 6.20 Å². The Hall–Kier alpha value is -2.98. The summed E-state index contributed by atoms with van der Waals surface area (Å²) in [6, 6.07) is 7.53. The van der Waals surface area contributed by atoms with E-state index in [0.717, 1.165) is 6.07 Å². The minimum absolute atomic E-state index is 0.175. The third-order valence-electron chi connectivity index (χ3n) is 3.39. The number of hydrogen-bond acceptors (Lipinski definition) is 6. The Kier molecular flexibility index (Phi) is 5.35. The molecular weight excluding hydrogens is 323 g/mol. The Morgan fingerprint density at radius 2 is 2.12 bits per heavy atom. The summed E-state index contributed by atoms with van der Waals surface area (Å²) >= 11 is 0. The fourth-order valence-electron chi connectivity index (χ4n) is 2.42. The monoisotopic (exact) mass is 342 g/mol. The quantitative estimate of drug-likeness (QED) is 0.663. The summed E-state index contributed by atoms with van der Waals surface area (Å²) in [5.41, 5.74) is 6.27. The van der Waals surface area contributed by atoms with Crippen LogP contribution in [0.2, 0.25) is 0 Å². The maximum Gasteiger partial charge on any atom is 0.339 e. The second-order valence-corrected chi connectivity index (χ2v) is 5.92. The number of esters is 1. The average Bonchev–Trinajstić information content (AvgIpc) is 2.56. The van der Waals surface area contributed by atoms with Crippen molar-refractivity contribution >= 4 is 17.3 Å². The van der Waals surface area contributed by atoms with Crippen LogP contribution in [0.15, 0.2) is 36.7 Å². The maximum atomic E-state index is 14.5. The number of pyridine rings is 1. The Labute approximate surface area is 145 Å². The molecule has 0 aliphatic heterocycles. The lowest BCUT2D eigenvalue weighted by molar-refractivity contribution is 0.0526. The maximum absolute atomic E-state index is 14.5. The first-order valence-corrected chi connectivity index (χ1v) is 7.69. The second kappa shape index (κ2) is 7.28. The number of aromatic nitrogens is 1. The summed E-state index contributed by atoms with van der Waals surface area (Å²) in [5, 5.41) is 8.90. The van der Waals surface area contributed by atoms with E-state index in [0.29, 0.717) is 5.69 Å². The average molecular weight is 342 g/mol. The topological polar surface area (TPSA) is 92.2 Å². The van der Waals surface area contributed by atoms with Crippen molar-refractivity contribution in [1.82, 2.24) is 4.98 Å². The van der Waals surface area contributed by atoms with E-state index in [4.69, 9.17) is 15.7 Å². The van der Waals surface area contributed by atoms with Crippen molar-refractivity contribution in [1.29, 1.82) is 5.26 Å². The van der Waals surface area contributed by atoms with E-state index in [9.17, 15) is 9.18 Å². The van der Waals surface area contributed by atoms with Crippen molar-refractivity contribution in [3.63, 3.8) is 0 Å². The van der Waals surface area contributed by atoms with Crippen LogP contribution in [-0.4, -0.2) is 23.2 Å². The van der Waals surface area contributed by atoms with Crippen LogP contribution in [0, 0.1) is 17.1 Å². The van der Waals surface area contributed by atoms with Crippen molar-refractivity contribution in [3.8, 4) is 6.07 Å². The van der Waals surface area contributed by atoms with Gasteiger partial charge in [0.25, 0.3) is 0 Å².